The van der Waals surface area contributed by atoms with Gasteiger partial charge in [-0.05, 0) is 37.3 Å². The summed E-state index contributed by atoms with van der Waals surface area (Å²) < 4.78 is 69.7. The lowest BCUT2D eigenvalue weighted by atomic mass is 10.1. The topological polar surface area (TPSA) is 75.7 Å². The van der Waals surface area contributed by atoms with Crippen molar-refractivity contribution in [3.63, 3.8) is 0 Å². The van der Waals surface area contributed by atoms with E-state index in [1.165, 1.54) is 18.2 Å². The molecule has 0 saturated carbocycles. The zero-order valence-corrected chi connectivity index (χ0v) is 17.7. The minimum absolute atomic E-state index is 0.00513. The lowest BCUT2D eigenvalue weighted by molar-refractivity contribution is -0.137. The van der Waals surface area contributed by atoms with Crippen molar-refractivity contribution >= 4 is 27.1 Å². The number of sulfone groups is 1. The molecule has 1 saturated heterocycles. The van der Waals surface area contributed by atoms with Gasteiger partial charge in [-0.2, -0.15) is 13.2 Å². The minimum atomic E-state index is -4.57. The molecule has 0 aliphatic carbocycles. The summed E-state index contributed by atoms with van der Waals surface area (Å²) in [6.07, 6.45) is -4.95. The van der Waals surface area contributed by atoms with Crippen molar-refractivity contribution in [2.75, 3.05) is 42.3 Å². The molecule has 1 heterocycles. The molecule has 0 aromatic heterocycles. The quantitative estimate of drug-likeness (QED) is 0.718. The molecule has 2 aromatic carbocycles. The van der Waals surface area contributed by atoms with Gasteiger partial charge in [-0.15, -0.1) is 0 Å². The molecule has 6 nitrogen and oxygen atoms in total. The van der Waals surface area contributed by atoms with Crippen LogP contribution in [0, 0.1) is 6.92 Å². The Bertz CT molecular complexity index is 1030. The van der Waals surface area contributed by atoms with Crippen LogP contribution in [0.2, 0.25) is 0 Å². The average Bonchev–Trinajstić information content (AvgIpc) is 2.73. The first-order chi connectivity index (χ1) is 14.6. The van der Waals surface area contributed by atoms with Crippen molar-refractivity contribution in [2.24, 2.45) is 0 Å². The van der Waals surface area contributed by atoms with Gasteiger partial charge in [-0.25, -0.2) is 8.42 Å². The number of morpholine rings is 1. The van der Waals surface area contributed by atoms with E-state index < -0.39 is 33.2 Å². The molecule has 0 spiro atoms. The molecular formula is C21H23F3N2O4S. The summed E-state index contributed by atoms with van der Waals surface area (Å²) in [7, 11) is -3.69. The van der Waals surface area contributed by atoms with Gasteiger partial charge in [0.05, 0.1) is 40.8 Å². The van der Waals surface area contributed by atoms with Crippen molar-refractivity contribution in [1.29, 1.82) is 0 Å². The van der Waals surface area contributed by atoms with E-state index in [1.807, 2.05) is 11.8 Å². The van der Waals surface area contributed by atoms with Crippen LogP contribution >= 0.6 is 0 Å². The fraction of sp³-hybridized carbons (Fsp3) is 0.381. The Kier molecular flexibility index (Phi) is 6.90. The average molecular weight is 456 g/mol. The van der Waals surface area contributed by atoms with E-state index >= 15 is 0 Å². The highest BCUT2D eigenvalue weighted by Gasteiger charge is 2.32. The zero-order chi connectivity index (χ0) is 22.6. The van der Waals surface area contributed by atoms with Crippen LogP contribution in [-0.4, -0.2) is 46.4 Å². The Labute approximate surface area is 178 Å². The van der Waals surface area contributed by atoms with Crippen molar-refractivity contribution in [3.8, 4) is 0 Å². The highest BCUT2D eigenvalue weighted by Crippen LogP contribution is 2.35. The summed E-state index contributed by atoms with van der Waals surface area (Å²) in [6, 6.07) is 9.39. The van der Waals surface area contributed by atoms with E-state index in [0.717, 1.165) is 17.7 Å². The van der Waals surface area contributed by atoms with Crippen LogP contribution in [0.3, 0.4) is 0 Å². The zero-order valence-electron chi connectivity index (χ0n) is 16.9. The number of aryl methyl sites for hydroxylation is 1. The fourth-order valence-corrected chi connectivity index (χ4v) is 4.44. The van der Waals surface area contributed by atoms with Crippen LogP contribution in [0.4, 0.5) is 24.5 Å². The van der Waals surface area contributed by atoms with Crippen molar-refractivity contribution < 1.29 is 31.1 Å². The highest BCUT2D eigenvalue weighted by atomic mass is 32.2. The number of rotatable bonds is 6. The summed E-state index contributed by atoms with van der Waals surface area (Å²) in [5, 5.41) is 2.47. The molecule has 3 rings (SSSR count). The highest BCUT2D eigenvalue weighted by molar-refractivity contribution is 7.91. The third-order valence-electron chi connectivity index (χ3n) is 4.93. The Hall–Kier alpha value is -2.59. The second kappa shape index (κ2) is 9.27. The van der Waals surface area contributed by atoms with Gasteiger partial charge < -0.3 is 15.0 Å². The molecule has 1 N–H and O–H groups in total. The van der Waals surface area contributed by atoms with E-state index in [0.29, 0.717) is 32.0 Å². The van der Waals surface area contributed by atoms with Crippen LogP contribution in [0.15, 0.2) is 47.4 Å². The molecule has 10 heteroatoms. The van der Waals surface area contributed by atoms with Crippen LogP contribution in [-0.2, 0) is 25.5 Å². The standard InChI is InChI=1S/C21H23F3N2O4S/c1-15-2-5-17(6-3-15)31(28,29)13-8-20(27)25-18-14-16(21(22,23)24)4-7-19(18)26-9-11-30-12-10-26/h2-7,14H,8-13H2,1H3,(H,25,27). The molecule has 31 heavy (non-hydrogen) atoms. The number of hydrogen-bond acceptors (Lipinski definition) is 5. The SMILES string of the molecule is Cc1ccc(S(=O)(=O)CCC(=O)Nc2cc(C(F)(F)F)ccc2N2CCOCC2)cc1. The van der Waals surface area contributed by atoms with E-state index in [2.05, 4.69) is 5.32 Å². The van der Waals surface area contributed by atoms with Gasteiger partial charge in [0.2, 0.25) is 5.91 Å². The number of nitrogens with zero attached hydrogens (tertiary/aromatic N) is 1. The van der Waals surface area contributed by atoms with Gasteiger partial charge in [0.15, 0.2) is 9.84 Å². The Balaban J connectivity index is 1.76. The molecule has 168 valence electrons. The first-order valence-corrected chi connectivity index (χ1v) is 11.3. The molecule has 1 amide bonds. The van der Waals surface area contributed by atoms with Gasteiger partial charge in [-0.1, -0.05) is 17.7 Å². The van der Waals surface area contributed by atoms with Crippen LogP contribution in [0.25, 0.3) is 0 Å². The maximum atomic E-state index is 13.2. The lowest BCUT2D eigenvalue weighted by Gasteiger charge is -2.31. The van der Waals surface area contributed by atoms with Crippen LogP contribution in [0.1, 0.15) is 17.5 Å². The summed E-state index contributed by atoms with van der Waals surface area (Å²) in [5.74, 6) is -1.13. The first kappa shape index (κ1) is 23.1. The molecule has 0 unspecified atom stereocenters. The number of ether oxygens (including phenoxy) is 1. The smallest absolute Gasteiger partial charge is 0.378 e. The number of carbonyl (C=O) groups excluding carboxylic acids is 1. The van der Waals surface area contributed by atoms with Gasteiger partial charge in [0.1, 0.15) is 0 Å². The largest absolute Gasteiger partial charge is 0.416 e. The molecule has 1 aliphatic heterocycles. The molecule has 0 atom stereocenters. The number of carbonyl (C=O) groups is 1. The second-order valence-electron chi connectivity index (χ2n) is 7.26. The van der Waals surface area contributed by atoms with Gasteiger partial charge >= 0.3 is 6.18 Å². The predicted octanol–water partition coefficient (Wildman–Crippen LogP) is 3.65. The number of benzene rings is 2. The normalized spacial score (nSPS) is 15.0. The number of amides is 1. The van der Waals surface area contributed by atoms with Crippen LogP contribution < -0.4 is 10.2 Å². The Morgan fingerprint density at radius 2 is 1.74 bits per heavy atom. The molecule has 0 bridgehead atoms. The van der Waals surface area contributed by atoms with Gasteiger partial charge in [0, 0.05) is 19.5 Å². The van der Waals surface area contributed by atoms with Crippen molar-refractivity contribution in [1.82, 2.24) is 0 Å². The molecule has 1 aliphatic rings. The molecule has 2 aromatic rings. The Morgan fingerprint density at radius 1 is 1.10 bits per heavy atom. The molecule has 0 radical (unpaired) electrons. The summed E-state index contributed by atoms with van der Waals surface area (Å²) >= 11 is 0. The Morgan fingerprint density at radius 3 is 2.35 bits per heavy atom. The summed E-state index contributed by atoms with van der Waals surface area (Å²) in [4.78, 5) is 14.4. The van der Waals surface area contributed by atoms with Crippen molar-refractivity contribution in [3.05, 3.63) is 53.6 Å². The third kappa shape index (κ3) is 5.98. The fourth-order valence-electron chi connectivity index (χ4n) is 3.20. The molecular weight excluding hydrogens is 433 g/mol. The van der Waals surface area contributed by atoms with E-state index in [9.17, 15) is 26.4 Å². The van der Waals surface area contributed by atoms with Gasteiger partial charge in [0.25, 0.3) is 0 Å². The monoisotopic (exact) mass is 456 g/mol. The van der Waals surface area contributed by atoms with Crippen molar-refractivity contribution in [2.45, 2.75) is 24.4 Å². The third-order valence-corrected chi connectivity index (χ3v) is 6.66. The predicted molar refractivity (Wildman–Crippen MR) is 111 cm³/mol. The summed E-state index contributed by atoms with van der Waals surface area (Å²) in [6.45, 7) is 3.60. The van der Waals surface area contributed by atoms with E-state index in [4.69, 9.17) is 4.74 Å². The van der Waals surface area contributed by atoms with E-state index in [1.54, 1.807) is 12.1 Å². The maximum Gasteiger partial charge on any atom is 0.416 e. The number of halogens is 3. The maximum absolute atomic E-state index is 13.2. The number of hydrogen-bond donors (Lipinski definition) is 1. The molecule has 1 fully saturated rings. The minimum Gasteiger partial charge on any atom is -0.378 e. The van der Waals surface area contributed by atoms with Crippen LogP contribution in [0.5, 0.6) is 0 Å². The number of nitrogens with one attached hydrogen (secondary N) is 1. The van der Waals surface area contributed by atoms with Gasteiger partial charge in [-0.3, -0.25) is 4.79 Å². The lowest BCUT2D eigenvalue weighted by Crippen LogP contribution is -2.37. The second-order valence-corrected chi connectivity index (χ2v) is 9.37. The first-order valence-electron chi connectivity index (χ1n) is 9.69. The summed E-state index contributed by atoms with van der Waals surface area (Å²) in [5.41, 5.74) is 0.435. The van der Waals surface area contributed by atoms with E-state index in [-0.39, 0.29) is 17.0 Å². The number of anilines is 2. The number of alkyl halides is 3.